The third-order valence-electron chi connectivity index (χ3n) is 5.08. The van der Waals surface area contributed by atoms with E-state index in [2.05, 4.69) is 15.4 Å². The number of nitrogens with one attached hydrogen (secondary N) is 1. The van der Waals surface area contributed by atoms with Crippen LogP contribution in [0.3, 0.4) is 0 Å². The van der Waals surface area contributed by atoms with Crippen molar-refractivity contribution in [1.82, 2.24) is 14.6 Å². The predicted molar refractivity (Wildman–Crippen MR) is 128 cm³/mol. The minimum absolute atomic E-state index is 0.213. The van der Waals surface area contributed by atoms with E-state index in [-0.39, 0.29) is 5.69 Å². The first-order valence-electron chi connectivity index (χ1n) is 10.9. The number of amides is 1. The molecule has 2 heterocycles. The van der Waals surface area contributed by atoms with Gasteiger partial charge in [-0.25, -0.2) is 9.50 Å². The highest BCUT2D eigenvalue weighted by Crippen LogP contribution is 2.33. The van der Waals surface area contributed by atoms with Crippen LogP contribution < -0.4 is 24.3 Å². The summed E-state index contributed by atoms with van der Waals surface area (Å²) in [5, 5.41) is 7.40. The Labute approximate surface area is 197 Å². The van der Waals surface area contributed by atoms with Crippen molar-refractivity contribution >= 4 is 17.2 Å². The topological polar surface area (TPSA) is 96.2 Å². The Morgan fingerprint density at radius 1 is 0.912 bits per heavy atom. The Hall–Kier alpha value is -4.27. The summed E-state index contributed by atoms with van der Waals surface area (Å²) in [7, 11) is 3.17. The summed E-state index contributed by atoms with van der Waals surface area (Å²) >= 11 is 0. The maximum atomic E-state index is 13.1. The third kappa shape index (κ3) is 4.59. The highest BCUT2D eigenvalue weighted by molar-refractivity contribution is 6.04. The van der Waals surface area contributed by atoms with Gasteiger partial charge in [0, 0.05) is 23.9 Å². The van der Waals surface area contributed by atoms with Gasteiger partial charge in [-0.15, -0.1) is 0 Å². The SMILES string of the molecule is CCOc1ccc(OCC)c(NC(=O)c2cc3nccc(-c4ccc(OC)c(OC)c4)n3n2)c1. The lowest BCUT2D eigenvalue weighted by Crippen LogP contribution is -2.14. The molecule has 0 aliphatic rings. The van der Waals surface area contributed by atoms with Crippen LogP contribution in [0.1, 0.15) is 24.3 Å². The van der Waals surface area contributed by atoms with Gasteiger partial charge in [-0.05, 0) is 50.2 Å². The molecule has 9 heteroatoms. The maximum absolute atomic E-state index is 13.1. The van der Waals surface area contributed by atoms with E-state index in [9.17, 15) is 4.79 Å². The predicted octanol–water partition coefficient (Wildman–Crippen LogP) is 4.46. The van der Waals surface area contributed by atoms with Crippen LogP contribution in [-0.4, -0.2) is 47.9 Å². The van der Waals surface area contributed by atoms with Gasteiger partial charge >= 0.3 is 0 Å². The number of hydrogen-bond acceptors (Lipinski definition) is 7. The summed E-state index contributed by atoms with van der Waals surface area (Å²) in [6.45, 7) is 4.75. The third-order valence-corrected chi connectivity index (χ3v) is 5.08. The normalized spacial score (nSPS) is 10.7. The highest BCUT2D eigenvalue weighted by atomic mass is 16.5. The summed E-state index contributed by atoms with van der Waals surface area (Å²) < 4.78 is 23.6. The Balaban J connectivity index is 1.68. The van der Waals surface area contributed by atoms with Gasteiger partial charge in [-0.1, -0.05) is 0 Å². The van der Waals surface area contributed by atoms with Crippen molar-refractivity contribution in [1.29, 1.82) is 0 Å². The van der Waals surface area contributed by atoms with Crippen molar-refractivity contribution in [3.63, 3.8) is 0 Å². The van der Waals surface area contributed by atoms with Crippen LogP contribution in [0, 0.1) is 0 Å². The van der Waals surface area contributed by atoms with E-state index in [1.807, 2.05) is 38.1 Å². The Kier molecular flexibility index (Phi) is 6.82. The number of nitrogens with zero attached hydrogens (tertiary/aromatic N) is 3. The molecule has 0 saturated heterocycles. The van der Waals surface area contributed by atoms with Crippen LogP contribution in [0.5, 0.6) is 23.0 Å². The molecule has 1 N–H and O–H groups in total. The minimum Gasteiger partial charge on any atom is -0.494 e. The molecule has 34 heavy (non-hydrogen) atoms. The van der Waals surface area contributed by atoms with E-state index >= 15 is 0 Å². The number of carbonyl (C=O) groups excluding carboxylic acids is 1. The van der Waals surface area contributed by atoms with Gasteiger partial charge in [-0.3, -0.25) is 4.79 Å². The largest absolute Gasteiger partial charge is 0.494 e. The molecular formula is C25H26N4O5. The lowest BCUT2D eigenvalue weighted by atomic mass is 10.1. The molecule has 0 saturated carbocycles. The first-order chi connectivity index (χ1) is 16.6. The standard InChI is InChI=1S/C25H26N4O5/c1-5-33-17-8-10-21(34-6-2)18(14-17)27-25(30)19-15-24-26-12-11-20(29(24)28-19)16-7-9-22(31-3)23(13-16)32-4/h7-15H,5-6H2,1-4H3,(H,27,30). The number of carbonyl (C=O) groups is 1. The highest BCUT2D eigenvalue weighted by Gasteiger charge is 2.17. The Morgan fingerprint density at radius 2 is 1.68 bits per heavy atom. The monoisotopic (exact) mass is 462 g/mol. The van der Waals surface area contributed by atoms with Crippen LogP contribution in [0.4, 0.5) is 5.69 Å². The van der Waals surface area contributed by atoms with Gasteiger partial charge in [0.05, 0.1) is 38.8 Å². The zero-order valence-electron chi connectivity index (χ0n) is 19.5. The molecular weight excluding hydrogens is 436 g/mol. The zero-order valence-corrected chi connectivity index (χ0v) is 19.5. The molecule has 0 radical (unpaired) electrons. The number of hydrogen-bond donors (Lipinski definition) is 1. The first-order valence-corrected chi connectivity index (χ1v) is 10.9. The molecule has 0 fully saturated rings. The smallest absolute Gasteiger partial charge is 0.276 e. The average molecular weight is 463 g/mol. The second-order valence-corrected chi connectivity index (χ2v) is 7.18. The molecule has 176 valence electrons. The van der Waals surface area contributed by atoms with Gasteiger partial charge in [0.2, 0.25) is 0 Å². The number of fused-ring (bicyclic) bond motifs is 1. The van der Waals surface area contributed by atoms with E-state index < -0.39 is 5.91 Å². The molecule has 0 bridgehead atoms. The molecule has 9 nitrogen and oxygen atoms in total. The van der Waals surface area contributed by atoms with Gasteiger partial charge < -0.3 is 24.3 Å². The molecule has 2 aromatic carbocycles. The number of anilines is 1. The van der Waals surface area contributed by atoms with Crippen LogP contribution in [0.25, 0.3) is 16.9 Å². The van der Waals surface area contributed by atoms with Crippen LogP contribution >= 0.6 is 0 Å². The lowest BCUT2D eigenvalue weighted by molar-refractivity contribution is 0.102. The molecule has 0 aliphatic carbocycles. The van der Waals surface area contributed by atoms with Crippen molar-refractivity contribution < 1.29 is 23.7 Å². The van der Waals surface area contributed by atoms with E-state index in [0.717, 1.165) is 11.3 Å². The second kappa shape index (κ2) is 10.1. The number of rotatable bonds is 9. The molecule has 0 unspecified atom stereocenters. The van der Waals surface area contributed by atoms with E-state index in [4.69, 9.17) is 18.9 Å². The average Bonchev–Trinajstić information content (AvgIpc) is 3.30. The van der Waals surface area contributed by atoms with Gasteiger partial charge in [0.25, 0.3) is 5.91 Å². The van der Waals surface area contributed by atoms with Gasteiger partial charge in [0.15, 0.2) is 22.8 Å². The molecule has 0 atom stereocenters. The molecule has 4 aromatic rings. The van der Waals surface area contributed by atoms with Crippen molar-refractivity contribution in [2.45, 2.75) is 13.8 Å². The molecule has 2 aromatic heterocycles. The van der Waals surface area contributed by atoms with Crippen molar-refractivity contribution in [3.8, 4) is 34.3 Å². The van der Waals surface area contributed by atoms with Crippen molar-refractivity contribution in [2.75, 3.05) is 32.8 Å². The summed E-state index contributed by atoms with van der Waals surface area (Å²) in [5.74, 6) is 2.00. The minimum atomic E-state index is -0.390. The number of ether oxygens (including phenoxy) is 4. The number of methoxy groups -OCH3 is 2. The lowest BCUT2D eigenvalue weighted by Gasteiger charge is -2.13. The second-order valence-electron chi connectivity index (χ2n) is 7.18. The summed E-state index contributed by atoms with van der Waals surface area (Å²) in [6.07, 6.45) is 1.67. The molecule has 0 aliphatic heterocycles. The summed E-state index contributed by atoms with van der Waals surface area (Å²) in [6, 6.07) is 14.3. The van der Waals surface area contributed by atoms with Crippen LogP contribution in [0.15, 0.2) is 54.7 Å². The first kappa shape index (κ1) is 22.9. The van der Waals surface area contributed by atoms with E-state index in [0.29, 0.717) is 47.5 Å². The Bertz CT molecular complexity index is 1320. The maximum Gasteiger partial charge on any atom is 0.276 e. The zero-order chi connectivity index (χ0) is 24.1. The quantitative estimate of drug-likeness (QED) is 0.392. The summed E-state index contributed by atoms with van der Waals surface area (Å²) in [4.78, 5) is 17.5. The van der Waals surface area contributed by atoms with Gasteiger partial charge in [0.1, 0.15) is 11.5 Å². The van der Waals surface area contributed by atoms with E-state index in [1.165, 1.54) is 0 Å². The fourth-order valence-electron chi connectivity index (χ4n) is 3.55. The van der Waals surface area contributed by atoms with Crippen LogP contribution in [0.2, 0.25) is 0 Å². The number of aromatic nitrogens is 3. The molecule has 0 spiro atoms. The number of benzene rings is 2. The fourth-order valence-corrected chi connectivity index (χ4v) is 3.55. The molecule has 1 amide bonds. The van der Waals surface area contributed by atoms with Crippen molar-refractivity contribution in [3.05, 3.63) is 60.4 Å². The summed E-state index contributed by atoms with van der Waals surface area (Å²) in [5.41, 5.74) is 2.83. The fraction of sp³-hybridized carbons (Fsp3) is 0.240. The molecule has 4 rings (SSSR count). The van der Waals surface area contributed by atoms with Crippen LogP contribution in [-0.2, 0) is 0 Å². The van der Waals surface area contributed by atoms with Crippen molar-refractivity contribution in [2.24, 2.45) is 0 Å². The van der Waals surface area contributed by atoms with Gasteiger partial charge in [-0.2, -0.15) is 5.10 Å². The van der Waals surface area contributed by atoms with E-state index in [1.54, 1.807) is 49.2 Å². The Morgan fingerprint density at radius 3 is 2.41 bits per heavy atom.